The van der Waals surface area contributed by atoms with Crippen molar-refractivity contribution >= 4 is 39.1 Å². The Hall–Kier alpha value is -2.97. The molecule has 0 aliphatic rings. The molecule has 3 rings (SSSR count). The second kappa shape index (κ2) is 10.8. The van der Waals surface area contributed by atoms with Crippen molar-refractivity contribution in [1.29, 1.82) is 0 Å². The number of carbonyl (C=O) groups excluding carboxylic acids is 1. The summed E-state index contributed by atoms with van der Waals surface area (Å²) in [5.41, 5.74) is 3.07. The normalized spacial score (nSPS) is 11.2. The van der Waals surface area contributed by atoms with Crippen molar-refractivity contribution in [2.75, 3.05) is 29.0 Å². The van der Waals surface area contributed by atoms with Crippen LogP contribution in [0.1, 0.15) is 18.1 Å². The fourth-order valence-corrected chi connectivity index (χ4v) is 5.11. The fraction of sp³-hybridized carbons (Fsp3) is 0.240. The van der Waals surface area contributed by atoms with Gasteiger partial charge in [-0.05, 0) is 86.7 Å². The molecule has 0 saturated carbocycles. The van der Waals surface area contributed by atoms with Crippen LogP contribution in [0.15, 0.2) is 76.5 Å². The number of hydrogen-bond acceptors (Lipinski definition) is 5. The highest BCUT2D eigenvalue weighted by atomic mass is 32.2. The molecule has 0 aliphatic carbocycles. The number of carbonyl (C=O) groups is 1. The van der Waals surface area contributed by atoms with E-state index in [-0.39, 0.29) is 4.90 Å². The highest BCUT2D eigenvalue weighted by Gasteiger charge is 2.29. The lowest BCUT2D eigenvalue weighted by Gasteiger charge is -2.26. The van der Waals surface area contributed by atoms with Crippen LogP contribution >= 0.6 is 11.8 Å². The van der Waals surface area contributed by atoms with Crippen LogP contribution in [0, 0.1) is 13.8 Å². The van der Waals surface area contributed by atoms with Gasteiger partial charge < -0.3 is 10.1 Å². The van der Waals surface area contributed by atoms with Gasteiger partial charge in [-0.1, -0.05) is 18.2 Å². The van der Waals surface area contributed by atoms with Crippen molar-refractivity contribution in [2.24, 2.45) is 0 Å². The molecule has 1 amide bonds. The maximum absolute atomic E-state index is 13.7. The molecule has 0 aliphatic heterocycles. The van der Waals surface area contributed by atoms with Crippen LogP contribution in [0.5, 0.6) is 5.75 Å². The smallest absolute Gasteiger partial charge is 0.264 e. The Bertz CT molecular complexity index is 1230. The van der Waals surface area contributed by atoms with Gasteiger partial charge in [0.2, 0.25) is 5.91 Å². The van der Waals surface area contributed by atoms with Gasteiger partial charge in [0, 0.05) is 10.6 Å². The van der Waals surface area contributed by atoms with Gasteiger partial charge in [0.15, 0.2) is 0 Å². The number of nitrogens with one attached hydrogen (secondary N) is 1. The van der Waals surface area contributed by atoms with Gasteiger partial charge in [-0.25, -0.2) is 8.42 Å². The predicted octanol–water partition coefficient (Wildman–Crippen LogP) is 5.26. The molecule has 0 spiro atoms. The van der Waals surface area contributed by atoms with Gasteiger partial charge in [0.1, 0.15) is 12.3 Å². The molecule has 1 N–H and O–H groups in total. The Morgan fingerprint density at radius 3 is 2.33 bits per heavy atom. The molecular weight excluding hydrogens is 456 g/mol. The molecule has 3 aromatic rings. The molecule has 8 heteroatoms. The number of benzene rings is 3. The molecule has 3 aromatic carbocycles. The van der Waals surface area contributed by atoms with E-state index in [4.69, 9.17) is 4.74 Å². The van der Waals surface area contributed by atoms with Crippen LogP contribution in [-0.2, 0) is 14.8 Å². The highest BCUT2D eigenvalue weighted by molar-refractivity contribution is 7.98. The van der Waals surface area contributed by atoms with Gasteiger partial charge in [0.05, 0.1) is 17.2 Å². The van der Waals surface area contributed by atoms with E-state index in [2.05, 4.69) is 5.32 Å². The Morgan fingerprint density at radius 2 is 1.70 bits per heavy atom. The topological polar surface area (TPSA) is 75.7 Å². The van der Waals surface area contributed by atoms with Crippen LogP contribution < -0.4 is 14.4 Å². The number of para-hydroxylation sites is 2. The maximum Gasteiger partial charge on any atom is 0.264 e. The Balaban J connectivity index is 1.99. The van der Waals surface area contributed by atoms with Gasteiger partial charge in [-0.2, -0.15) is 0 Å². The van der Waals surface area contributed by atoms with Crippen molar-refractivity contribution in [3.63, 3.8) is 0 Å². The van der Waals surface area contributed by atoms with Gasteiger partial charge >= 0.3 is 0 Å². The molecule has 33 heavy (non-hydrogen) atoms. The molecule has 0 heterocycles. The van der Waals surface area contributed by atoms with E-state index >= 15 is 0 Å². The number of ether oxygens (including phenoxy) is 1. The van der Waals surface area contributed by atoms with Crippen molar-refractivity contribution in [1.82, 2.24) is 0 Å². The quantitative estimate of drug-likeness (QED) is 0.420. The molecule has 0 saturated heterocycles. The molecule has 0 aromatic heterocycles. The molecule has 0 atom stereocenters. The minimum Gasteiger partial charge on any atom is -0.492 e. The lowest BCUT2D eigenvalue weighted by molar-refractivity contribution is -0.114. The zero-order valence-electron chi connectivity index (χ0n) is 19.2. The number of thioether (sulfide) groups is 1. The number of hydrogen-bond donors (Lipinski definition) is 1. The summed E-state index contributed by atoms with van der Waals surface area (Å²) in [7, 11) is -4.04. The Kier molecular flexibility index (Phi) is 8.05. The van der Waals surface area contributed by atoms with Crippen molar-refractivity contribution < 1.29 is 17.9 Å². The third-order valence-electron chi connectivity index (χ3n) is 5.16. The largest absolute Gasteiger partial charge is 0.492 e. The van der Waals surface area contributed by atoms with Crippen LogP contribution in [0.4, 0.5) is 11.4 Å². The molecule has 0 bridgehead atoms. The Labute approximate surface area is 200 Å². The van der Waals surface area contributed by atoms with E-state index in [9.17, 15) is 13.2 Å². The second-order valence-electron chi connectivity index (χ2n) is 7.44. The monoisotopic (exact) mass is 484 g/mol. The number of anilines is 2. The fourth-order valence-electron chi connectivity index (χ4n) is 3.27. The average molecular weight is 485 g/mol. The number of rotatable bonds is 9. The number of amides is 1. The standard InChI is InChI=1S/C25H28N2O4S2/c1-5-31-24-9-7-6-8-23(24)27(33(29,30)22-14-12-21(32-4)13-15-22)17-25(28)26-20-11-10-18(2)19(3)16-20/h6-16H,5,17H2,1-4H3,(H,26,28). The Morgan fingerprint density at radius 1 is 1.00 bits per heavy atom. The zero-order valence-corrected chi connectivity index (χ0v) is 20.8. The molecule has 174 valence electrons. The first-order valence-electron chi connectivity index (χ1n) is 10.5. The lowest BCUT2D eigenvalue weighted by atomic mass is 10.1. The van der Waals surface area contributed by atoms with Gasteiger partial charge in [-0.15, -0.1) is 11.8 Å². The summed E-state index contributed by atoms with van der Waals surface area (Å²) < 4.78 is 34.1. The summed E-state index contributed by atoms with van der Waals surface area (Å²) >= 11 is 1.52. The van der Waals surface area contributed by atoms with Crippen LogP contribution in [0.3, 0.4) is 0 Å². The minimum absolute atomic E-state index is 0.102. The van der Waals surface area contributed by atoms with Crippen LogP contribution in [-0.4, -0.2) is 33.7 Å². The molecular formula is C25H28N2O4S2. The maximum atomic E-state index is 13.7. The summed E-state index contributed by atoms with van der Waals surface area (Å²) in [5, 5.41) is 2.81. The molecule has 0 radical (unpaired) electrons. The molecule has 0 unspecified atom stereocenters. The van der Waals surface area contributed by atoms with E-state index in [0.717, 1.165) is 20.3 Å². The van der Waals surface area contributed by atoms with Crippen LogP contribution in [0.25, 0.3) is 0 Å². The van der Waals surface area contributed by atoms with E-state index in [1.807, 2.05) is 39.2 Å². The average Bonchev–Trinajstić information content (AvgIpc) is 2.80. The van der Waals surface area contributed by atoms with Gasteiger partial charge in [-0.3, -0.25) is 9.10 Å². The SMILES string of the molecule is CCOc1ccccc1N(CC(=O)Nc1ccc(C)c(C)c1)S(=O)(=O)c1ccc(SC)cc1. The van der Waals surface area contributed by atoms with E-state index in [1.165, 1.54) is 11.8 Å². The summed E-state index contributed by atoms with van der Waals surface area (Å²) in [6.07, 6.45) is 1.92. The minimum atomic E-state index is -4.04. The van der Waals surface area contributed by atoms with Crippen LogP contribution in [0.2, 0.25) is 0 Å². The van der Waals surface area contributed by atoms with E-state index in [1.54, 1.807) is 54.6 Å². The summed E-state index contributed by atoms with van der Waals surface area (Å²) in [6, 6.07) is 19.0. The highest BCUT2D eigenvalue weighted by Crippen LogP contribution is 2.33. The number of sulfonamides is 1. The number of nitrogens with zero attached hydrogens (tertiary/aromatic N) is 1. The summed E-state index contributed by atoms with van der Waals surface area (Å²) in [6.45, 7) is 5.73. The first-order valence-corrected chi connectivity index (χ1v) is 13.2. The first kappa shape index (κ1) is 24.7. The molecule has 0 fully saturated rings. The van der Waals surface area contributed by atoms with E-state index < -0.39 is 22.5 Å². The van der Waals surface area contributed by atoms with Gasteiger partial charge in [0.25, 0.3) is 10.0 Å². The zero-order chi connectivity index (χ0) is 24.0. The van der Waals surface area contributed by atoms with Crippen molar-refractivity contribution in [2.45, 2.75) is 30.6 Å². The lowest BCUT2D eigenvalue weighted by Crippen LogP contribution is -2.38. The summed E-state index contributed by atoms with van der Waals surface area (Å²) in [5.74, 6) is -0.0582. The third kappa shape index (κ3) is 5.89. The van der Waals surface area contributed by atoms with Crippen molar-refractivity contribution in [3.05, 3.63) is 77.9 Å². The predicted molar refractivity (Wildman–Crippen MR) is 135 cm³/mol. The van der Waals surface area contributed by atoms with E-state index in [0.29, 0.717) is 23.7 Å². The first-order chi connectivity index (χ1) is 15.8. The third-order valence-corrected chi connectivity index (χ3v) is 7.68. The second-order valence-corrected chi connectivity index (χ2v) is 10.2. The molecule has 6 nitrogen and oxygen atoms in total. The van der Waals surface area contributed by atoms with Crippen molar-refractivity contribution in [3.8, 4) is 5.75 Å². The summed E-state index contributed by atoms with van der Waals surface area (Å²) in [4.78, 5) is 14.0. The number of aryl methyl sites for hydroxylation is 2.